The van der Waals surface area contributed by atoms with E-state index in [9.17, 15) is 4.79 Å². The van der Waals surface area contributed by atoms with Crippen molar-refractivity contribution in [3.8, 4) is 12.1 Å². The van der Waals surface area contributed by atoms with E-state index in [1.165, 1.54) is 4.90 Å². The third-order valence-electron chi connectivity index (χ3n) is 3.21. The van der Waals surface area contributed by atoms with E-state index in [1.54, 1.807) is 18.3 Å². The van der Waals surface area contributed by atoms with Crippen LogP contribution in [0.15, 0.2) is 24.4 Å². The third kappa shape index (κ3) is 3.13. The van der Waals surface area contributed by atoms with Crippen LogP contribution in [0.1, 0.15) is 23.2 Å². The SMILES string of the molecule is N#CCCN(CCC#N)C(=O)c1c[nH]c2ccc(N)cc12. The Kier molecular flexibility index (Phi) is 4.43. The van der Waals surface area contributed by atoms with Crippen LogP contribution >= 0.6 is 0 Å². The summed E-state index contributed by atoms with van der Waals surface area (Å²) in [5.41, 5.74) is 7.68. The molecule has 0 aliphatic carbocycles. The third-order valence-corrected chi connectivity index (χ3v) is 3.21. The molecule has 6 heteroatoms. The number of carbonyl (C=O) groups excluding carboxylic acids is 1. The van der Waals surface area contributed by atoms with E-state index in [2.05, 4.69) is 4.98 Å². The average Bonchev–Trinajstić information content (AvgIpc) is 2.89. The normalized spacial score (nSPS) is 10.0. The molecule has 106 valence electrons. The molecule has 1 heterocycles. The Labute approximate surface area is 122 Å². The molecular weight excluding hydrogens is 266 g/mol. The summed E-state index contributed by atoms with van der Waals surface area (Å²) in [7, 11) is 0. The van der Waals surface area contributed by atoms with Gasteiger partial charge in [-0.25, -0.2) is 0 Å². The van der Waals surface area contributed by atoms with E-state index in [0.717, 1.165) is 10.9 Å². The number of anilines is 1. The minimum atomic E-state index is -0.197. The van der Waals surface area contributed by atoms with Crippen LogP contribution in [0.2, 0.25) is 0 Å². The first-order valence-corrected chi connectivity index (χ1v) is 6.57. The highest BCUT2D eigenvalue weighted by molar-refractivity contribution is 6.07. The van der Waals surface area contributed by atoms with Crippen LogP contribution < -0.4 is 5.73 Å². The van der Waals surface area contributed by atoms with E-state index < -0.39 is 0 Å². The van der Waals surface area contributed by atoms with Crippen LogP contribution in [-0.2, 0) is 0 Å². The monoisotopic (exact) mass is 281 g/mol. The first kappa shape index (κ1) is 14.4. The highest BCUT2D eigenvalue weighted by Gasteiger charge is 2.18. The van der Waals surface area contributed by atoms with Crippen molar-refractivity contribution in [1.29, 1.82) is 10.5 Å². The summed E-state index contributed by atoms with van der Waals surface area (Å²) in [6, 6.07) is 9.35. The van der Waals surface area contributed by atoms with Crippen molar-refractivity contribution in [3.63, 3.8) is 0 Å². The van der Waals surface area contributed by atoms with E-state index in [0.29, 0.717) is 24.3 Å². The summed E-state index contributed by atoms with van der Waals surface area (Å²) >= 11 is 0. The number of nitrogens with one attached hydrogen (secondary N) is 1. The zero-order valence-corrected chi connectivity index (χ0v) is 11.5. The van der Waals surface area contributed by atoms with Gasteiger partial charge in [-0.2, -0.15) is 10.5 Å². The molecule has 3 N–H and O–H groups in total. The zero-order valence-electron chi connectivity index (χ0n) is 11.5. The van der Waals surface area contributed by atoms with Crippen LogP contribution in [0.5, 0.6) is 0 Å². The quantitative estimate of drug-likeness (QED) is 0.817. The zero-order chi connectivity index (χ0) is 15.2. The molecule has 0 unspecified atom stereocenters. The van der Waals surface area contributed by atoms with Gasteiger partial charge in [0, 0.05) is 35.9 Å². The van der Waals surface area contributed by atoms with Crippen molar-refractivity contribution >= 4 is 22.5 Å². The number of amides is 1. The van der Waals surface area contributed by atoms with Crippen LogP contribution in [0, 0.1) is 22.7 Å². The number of benzene rings is 1. The van der Waals surface area contributed by atoms with Crippen molar-refractivity contribution in [2.45, 2.75) is 12.8 Å². The number of H-pyrrole nitrogens is 1. The fraction of sp³-hybridized carbons (Fsp3) is 0.267. The summed E-state index contributed by atoms with van der Waals surface area (Å²) < 4.78 is 0. The van der Waals surface area contributed by atoms with Crippen LogP contribution in [0.25, 0.3) is 10.9 Å². The van der Waals surface area contributed by atoms with E-state index in [-0.39, 0.29) is 18.7 Å². The van der Waals surface area contributed by atoms with Gasteiger partial charge in [-0.1, -0.05) is 0 Å². The van der Waals surface area contributed by atoms with Gasteiger partial charge in [0.05, 0.1) is 30.5 Å². The lowest BCUT2D eigenvalue weighted by Gasteiger charge is -2.20. The summed E-state index contributed by atoms with van der Waals surface area (Å²) in [5, 5.41) is 18.1. The lowest BCUT2D eigenvalue weighted by atomic mass is 10.1. The fourth-order valence-corrected chi connectivity index (χ4v) is 2.17. The minimum Gasteiger partial charge on any atom is -0.399 e. The number of aromatic nitrogens is 1. The number of carbonyl (C=O) groups is 1. The van der Waals surface area contributed by atoms with Crippen molar-refractivity contribution < 1.29 is 4.79 Å². The van der Waals surface area contributed by atoms with Crippen molar-refractivity contribution in [2.75, 3.05) is 18.8 Å². The van der Waals surface area contributed by atoms with Gasteiger partial charge in [0.1, 0.15) is 0 Å². The largest absolute Gasteiger partial charge is 0.399 e. The highest BCUT2D eigenvalue weighted by atomic mass is 16.2. The summed E-state index contributed by atoms with van der Waals surface area (Å²) in [6.07, 6.45) is 2.11. The fourth-order valence-electron chi connectivity index (χ4n) is 2.17. The first-order chi connectivity index (χ1) is 10.2. The number of fused-ring (bicyclic) bond motifs is 1. The predicted molar refractivity (Wildman–Crippen MR) is 79.1 cm³/mol. The van der Waals surface area contributed by atoms with Gasteiger partial charge in [0.25, 0.3) is 5.91 Å². The molecule has 0 spiro atoms. The van der Waals surface area contributed by atoms with Crippen LogP contribution in [0.4, 0.5) is 5.69 Å². The van der Waals surface area contributed by atoms with Gasteiger partial charge in [-0.05, 0) is 18.2 Å². The van der Waals surface area contributed by atoms with E-state index in [1.807, 2.05) is 18.2 Å². The smallest absolute Gasteiger partial charge is 0.256 e. The summed E-state index contributed by atoms with van der Waals surface area (Å²) in [4.78, 5) is 17.1. The number of aromatic amines is 1. The lowest BCUT2D eigenvalue weighted by Crippen LogP contribution is -2.32. The first-order valence-electron chi connectivity index (χ1n) is 6.57. The second-order valence-corrected chi connectivity index (χ2v) is 4.62. The molecule has 1 amide bonds. The maximum Gasteiger partial charge on any atom is 0.256 e. The molecule has 21 heavy (non-hydrogen) atoms. The Hall–Kier alpha value is -2.99. The molecule has 0 atom stereocenters. The Morgan fingerprint density at radius 1 is 1.24 bits per heavy atom. The number of nitrogens with two attached hydrogens (primary N) is 1. The second-order valence-electron chi connectivity index (χ2n) is 4.62. The Morgan fingerprint density at radius 2 is 1.90 bits per heavy atom. The average molecular weight is 281 g/mol. The van der Waals surface area contributed by atoms with E-state index in [4.69, 9.17) is 16.3 Å². The van der Waals surface area contributed by atoms with Crippen molar-refractivity contribution in [1.82, 2.24) is 9.88 Å². The molecule has 0 aliphatic rings. The van der Waals surface area contributed by atoms with Crippen LogP contribution in [0.3, 0.4) is 0 Å². The van der Waals surface area contributed by atoms with Crippen molar-refractivity contribution in [3.05, 3.63) is 30.0 Å². The highest BCUT2D eigenvalue weighted by Crippen LogP contribution is 2.22. The van der Waals surface area contributed by atoms with Gasteiger partial charge in [0.15, 0.2) is 0 Å². The molecule has 0 saturated carbocycles. The minimum absolute atomic E-state index is 0.197. The Bertz CT molecular complexity index is 717. The number of nitriles is 2. The Morgan fingerprint density at radius 3 is 2.52 bits per heavy atom. The van der Waals surface area contributed by atoms with Crippen molar-refractivity contribution in [2.24, 2.45) is 0 Å². The number of rotatable bonds is 5. The Balaban J connectivity index is 2.31. The van der Waals surface area contributed by atoms with Gasteiger partial charge < -0.3 is 15.6 Å². The molecule has 1 aromatic carbocycles. The summed E-state index contributed by atoms with van der Waals surface area (Å²) in [5.74, 6) is -0.197. The number of nitrogen functional groups attached to an aromatic ring is 1. The number of hydrogen-bond acceptors (Lipinski definition) is 4. The molecule has 1 aromatic heterocycles. The van der Waals surface area contributed by atoms with Gasteiger partial charge in [0.2, 0.25) is 0 Å². The van der Waals surface area contributed by atoms with Gasteiger partial charge in [-0.15, -0.1) is 0 Å². The second kappa shape index (κ2) is 6.44. The maximum atomic E-state index is 12.6. The standard InChI is InChI=1S/C15H15N5O/c16-5-1-7-20(8-2-6-17)15(21)13-10-19-14-4-3-11(18)9-12(13)14/h3-4,9-10,19H,1-2,7-8,18H2. The maximum absolute atomic E-state index is 12.6. The molecule has 2 rings (SSSR count). The summed E-state index contributed by atoms with van der Waals surface area (Å²) in [6.45, 7) is 0.623. The molecule has 2 aromatic rings. The van der Waals surface area contributed by atoms with Gasteiger partial charge in [-0.3, -0.25) is 4.79 Å². The topological polar surface area (TPSA) is 110 Å². The van der Waals surface area contributed by atoms with Crippen LogP contribution in [-0.4, -0.2) is 28.9 Å². The lowest BCUT2D eigenvalue weighted by molar-refractivity contribution is 0.0764. The van der Waals surface area contributed by atoms with Gasteiger partial charge >= 0.3 is 0 Å². The predicted octanol–water partition coefficient (Wildman–Crippen LogP) is 2.02. The van der Waals surface area contributed by atoms with E-state index >= 15 is 0 Å². The molecule has 0 fully saturated rings. The molecular formula is C15H15N5O. The molecule has 0 bridgehead atoms. The number of hydrogen-bond donors (Lipinski definition) is 2. The molecule has 0 aliphatic heterocycles. The molecule has 6 nitrogen and oxygen atoms in total. The molecule has 0 saturated heterocycles. The molecule has 0 radical (unpaired) electrons. The number of nitrogens with zero attached hydrogens (tertiary/aromatic N) is 3.